The van der Waals surface area contributed by atoms with Crippen molar-refractivity contribution in [1.29, 1.82) is 0 Å². The highest BCUT2D eigenvalue weighted by atomic mass is 19.4. The molecule has 0 unspecified atom stereocenters. The van der Waals surface area contributed by atoms with Gasteiger partial charge in [-0.2, -0.15) is 13.2 Å². The number of hydrogen-bond acceptors (Lipinski definition) is 4. The zero-order valence-corrected chi connectivity index (χ0v) is 10.6. The van der Waals surface area contributed by atoms with Crippen LogP contribution in [0.15, 0.2) is 42.6 Å². The molecular weight excluding hydrogens is 285 g/mol. The summed E-state index contributed by atoms with van der Waals surface area (Å²) in [6.45, 7) is 0. The van der Waals surface area contributed by atoms with Gasteiger partial charge in [0.15, 0.2) is 0 Å². The number of nitrogen functional groups attached to an aromatic ring is 1. The van der Waals surface area contributed by atoms with Gasteiger partial charge in [-0.3, -0.25) is 10.6 Å². The number of anilines is 2. The van der Waals surface area contributed by atoms with E-state index < -0.39 is 17.8 Å². The Labute approximate surface area is 118 Å². The van der Waals surface area contributed by atoms with E-state index in [9.17, 15) is 18.0 Å². The fraction of sp³-hybridized carbons (Fsp3) is 0.0769. The summed E-state index contributed by atoms with van der Waals surface area (Å²) in [5.74, 6) is 4.74. The molecule has 110 valence electrons. The topological polar surface area (TPSA) is 80.0 Å². The summed E-state index contributed by atoms with van der Waals surface area (Å²) < 4.78 is 37.1. The third kappa shape index (κ3) is 3.69. The molecule has 1 aromatic carbocycles. The van der Waals surface area contributed by atoms with E-state index in [1.807, 2.05) is 0 Å². The van der Waals surface area contributed by atoms with Crippen LogP contribution in [0.1, 0.15) is 16.1 Å². The minimum absolute atomic E-state index is 0.175. The Bertz CT molecular complexity index is 623. The van der Waals surface area contributed by atoms with Crippen LogP contribution in [0.5, 0.6) is 0 Å². The minimum Gasteiger partial charge on any atom is -0.324 e. The molecule has 0 bridgehead atoms. The smallest absolute Gasteiger partial charge is 0.324 e. The van der Waals surface area contributed by atoms with Crippen molar-refractivity contribution in [2.45, 2.75) is 6.18 Å². The Hall–Kier alpha value is -2.61. The summed E-state index contributed by atoms with van der Waals surface area (Å²) in [6.07, 6.45) is -3.55. The fourth-order valence-corrected chi connectivity index (χ4v) is 1.56. The van der Waals surface area contributed by atoms with Gasteiger partial charge in [-0.25, -0.2) is 4.98 Å². The van der Waals surface area contributed by atoms with E-state index in [0.717, 1.165) is 18.3 Å². The standard InChI is InChI=1S/C13H11F3N4O/c14-13(15,16)11-6-5-10(7-18-11)19-12(21)8-1-3-9(20-17)4-2-8/h1-7,20H,17H2,(H,19,21). The Morgan fingerprint density at radius 2 is 1.67 bits per heavy atom. The minimum atomic E-state index is -4.51. The van der Waals surface area contributed by atoms with Crippen molar-refractivity contribution >= 4 is 17.3 Å². The molecule has 0 radical (unpaired) electrons. The first-order valence-electron chi connectivity index (χ1n) is 5.81. The molecule has 1 heterocycles. The molecule has 0 saturated heterocycles. The number of hydrazine groups is 1. The van der Waals surface area contributed by atoms with Gasteiger partial charge in [-0.05, 0) is 36.4 Å². The molecule has 0 aliphatic rings. The van der Waals surface area contributed by atoms with Crippen LogP contribution in [-0.2, 0) is 6.18 Å². The summed E-state index contributed by atoms with van der Waals surface area (Å²) in [5, 5.41) is 2.45. The average molecular weight is 296 g/mol. The van der Waals surface area contributed by atoms with Gasteiger partial charge in [0.1, 0.15) is 5.69 Å². The van der Waals surface area contributed by atoms with E-state index in [1.54, 1.807) is 12.1 Å². The lowest BCUT2D eigenvalue weighted by atomic mass is 10.2. The normalized spacial score (nSPS) is 11.0. The number of alkyl halides is 3. The van der Waals surface area contributed by atoms with Gasteiger partial charge in [0.05, 0.1) is 11.9 Å². The van der Waals surface area contributed by atoms with Crippen molar-refractivity contribution in [3.8, 4) is 0 Å². The Morgan fingerprint density at radius 3 is 2.14 bits per heavy atom. The molecule has 2 aromatic rings. The Morgan fingerprint density at radius 1 is 1.05 bits per heavy atom. The number of benzene rings is 1. The molecule has 2 rings (SSSR count). The van der Waals surface area contributed by atoms with Crippen molar-refractivity contribution in [3.63, 3.8) is 0 Å². The van der Waals surface area contributed by atoms with E-state index in [2.05, 4.69) is 15.7 Å². The molecule has 1 aromatic heterocycles. The number of rotatable bonds is 3. The predicted octanol–water partition coefficient (Wildman–Crippen LogP) is 2.64. The van der Waals surface area contributed by atoms with E-state index in [4.69, 9.17) is 5.84 Å². The van der Waals surface area contributed by atoms with Crippen molar-refractivity contribution < 1.29 is 18.0 Å². The van der Waals surface area contributed by atoms with Crippen LogP contribution in [0.3, 0.4) is 0 Å². The first-order valence-corrected chi connectivity index (χ1v) is 5.81. The molecule has 0 aliphatic carbocycles. The highest BCUT2D eigenvalue weighted by Gasteiger charge is 2.32. The lowest BCUT2D eigenvalue weighted by Gasteiger charge is -2.08. The third-order valence-electron chi connectivity index (χ3n) is 2.63. The first-order chi connectivity index (χ1) is 9.90. The summed E-state index contributed by atoms with van der Waals surface area (Å²) in [5.41, 5.74) is 2.54. The van der Waals surface area contributed by atoms with Crippen LogP contribution in [0, 0.1) is 0 Å². The number of halogens is 3. The maximum absolute atomic E-state index is 12.4. The zero-order valence-electron chi connectivity index (χ0n) is 10.6. The second kappa shape index (κ2) is 5.80. The van der Waals surface area contributed by atoms with Crippen molar-refractivity contribution in [2.75, 3.05) is 10.7 Å². The summed E-state index contributed by atoms with van der Waals surface area (Å²) in [6, 6.07) is 8.20. The second-order valence-corrected chi connectivity index (χ2v) is 4.11. The number of nitrogens with one attached hydrogen (secondary N) is 2. The van der Waals surface area contributed by atoms with Gasteiger partial charge in [-0.1, -0.05) is 0 Å². The molecule has 21 heavy (non-hydrogen) atoms. The Balaban J connectivity index is 2.08. The van der Waals surface area contributed by atoms with Crippen molar-refractivity contribution in [2.24, 2.45) is 5.84 Å². The molecule has 4 N–H and O–H groups in total. The molecule has 0 atom stereocenters. The van der Waals surface area contributed by atoms with E-state index in [1.165, 1.54) is 12.1 Å². The number of amides is 1. The molecule has 0 aliphatic heterocycles. The van der Waals surface area contributed by atoms with E-state index in [-0.39, 0.29) is 5.69 Å². The molecule has 5 nitrogen and oxygen atoms in total. The molecule has 0 saturated carbocycles. The number of aromatic nitrogens is 1. The van der Waals surface area contributed by atoms with Crippen LogP contribution < -0.4 is 16.6 Å². The van der Waals surface area contributed by atoms with Gasteiger partial charge in [0.2, 0.25) is 0 Å². The van der Waals surface area contributed by atoms with Crippen LogP contribution in [0.2, 0.25) is 0 Å². The zero-order chi connectivity index (χ0) is 15.5. The van der Waals surface area contributed by atoms with Gasteiger partial charge in [0.25, 0.3) is 5.91 Å². The van der Waals surface area contributed by atoms with Gasteiger partial charge in [-0.15, -0.1) is 0 Å². The maximum atomic E-state index is 12.4. The number of hydrogen-bond donors (Lipinski definition) is 3. The van der Waals surface area contributed by atoms with E-state index >= 15 is 0 Å². The quantitative estimate of drug-likeness (QED) is 0.601. The summed E-state index contributed by atoms with van der Waals surface area (Å²) in [7, 11) is 0. The van der Waals surface area contributed by atoms with Gasteiger partial charge >= 0.3 is 6.18 Å². The van der Waals surface area contributed by atoms with Gasteiger partial charge in [0, 0.05) is 11.3 Å². The predicted molar refractivity (Wildman–Crippen MR) is 71.4 cm³/mol. The monoisotopic (exact) mass is 296 g/mol. The van der Waals surface area contributed by atoms with Crippen molar-refractivity contribution in [1.82, 2.24) is 4.98 Å². The number of nitrogens with zero attached hydrogens (tertiary/aromatic N) is 1. The number of carbonyl (C=O) groups is 1. The maximum Gasteiger partial charge on any atom is 0.433 e. The molecule has 0 fully saturated rings. The lowest BCUT2D eigenvalue weighted by molar-refractivity contribution is -0.141. The Kier molecular flexibility index (Phi) is 4.08. The highest BCUT2D eigenvalue weighted by molar-refractivity contribution is 6.04. The summed E-state index contributed by atoms with van der Waals surface area (Å²) in [4.78, 5) is 15.1. The molecular formula is C13H11F3N4O. The number of carbonyl (C=O) groups excluding carboxylic acids is 1. The van der Waals surface area contributed by atoms with Crippen LogP contribution in [0.4, 0.5) is 24.5 Å². The lowest BCUT2D eigenvalue weighted by Crippen LogP contribution is -2.13. The molecule has 0 spiro atoms. The average Bonchev–Trinajstić information content (AvgIpc) is 2.47. The third-order valence-corrected chi connectivity index (χ3v) is 2.63. The van der Waals surface area contributed by atoms with Crippen molar-refractivity contribution in [3.05, 3.63) is 53.9 Å². The second-order valence-electron chi connectivity index (χ2n) is 4.11. The van der Waals surface area contributed by atoms with Crippen LogP contribution >= 0.6 is 0 Å². The van der Waals surface area contributed by atoms with Crippen LogP contribution in [-0.4, -0.2) is 10.9 Å². The molecule has 1 amide bonds. The van der Waals surface area contributed by atoms with Gasteiger partial charge < -0.3 is 10.7 Å². The summed E-state index contributed by atoms with van der Waals surface area (Å²) >= 11 is 0. The fourth-order valence-electron chi connectivity index (χ4n) is 1.56. The molecule has 8 heteroatoms. The van der Waals surface area contributed by atoms with E-state index in [0.29, 0.717) is 11.3 Å². The SMILES string of the molecule is NNc1ccc(C(=O)Nc2ccc(C(F)(F)F)nc2)cc1. The number of pyridine rings is 1. The highest BCUT2D eigenvalue weighted by Crippen LogP contribution is 2.27. The van der Waals surface area contributed by atoms with Crippen LogP contribution in [0.25, 0.3) is 0 Å². The largest absolute Gasteiger partial charge is 0.433 e. The number of nitrogens with two attached hydrogens (primary N) is 1. The first kappa shape index (κ1) is 14.8.